The zero-order valence-electron chi connectivity index (χ0n) is 9.60. The first-order chi connectivity index (χ1) is 7.95. The van der Waals surface area contributed by atoms with Gasteiger partial charge in [-0.3, -0.25) is 0 Å². The fourth-order valence-electron chi connectivity index (χ4n) is 2.48. The molecule has 2 heteroatoms. The van der Waals surface area contributed by atoms with E-state index in [1.54, 1.807) is 0 Å². The highest BCUT2D eigenvalue weighted by molar-refractivity contribution is 5.85. The zero-order chi connectivity index (χ0) is 10.8. The molecule has 2 aromatic rings. The van der Waals surface area contributed by atoms with E-state index >= 15 is 0 Å². The van der Waals surface area contributed by atoms with Crippen molar-refractivity contribution in [3.05, 3.63) is 71.3 Å². The van der Waals surface area contributed by atoms with Crippen molar-refractivity contribution in [3.8, 4) is 0 Å². The van der Waals surface area contributed by atoms with Crippen molar-refractivity contribution in [3.63, 3.8) is 0 Å². The molecule has 0 spiro atoms. The van der Waals surface area contributed by atoms with Gasteiger partial charge in [-0.1, -0.05) is 54.6 Å². The van der Waals surface area contributed by atoms with Gasteiger partial charge in [0.15, 0.2) is 0 Å². The van der Waals surface area contributed by atoms with Crippen LogP contribution >= 0.6 is 12.4 Å². The Labute approximate surface area is 108 Å². The molecule has 0 saturated carbocycles. The molecule has 0 fully saturated rings. The van der Waals surface area contributed by atoms with Gasteiger partial charge in [-0.15, -0.1) is 12.4 Å². The molecular weight excluding hydrogens is 230 g/mol. The summed E-state index contributed by atoms with van der Waals surface area (Å²) in [5.74, 6) is 0.506. The Morgan fingerprint density at radius 1 is 0.882 bits per heavy atom. The predicted molar refractivity (Wildman–Crippen MR) is 73.7 cm³/mol. The van der Waals surface area contributed by atoms with Crippen LogP contribution in [0.4, 0.5) is 0 Å². The van der Waals surface area contributed by atoms with E-state index in [9.17, 15) is 0 Å². The molecule has 0 radical (unpaired) electrons. The predicted octanol–water partition coefficient (Wildman–Crippen LogP) is 3.34. The molecule has 3 rings (SSSR count). The van der Waals surface area contributed by atoms with Gasteiger partial charge in [0.05, 0.1) is 0 Å². The molecule has 0 saturated heterocycles. The molecule has 88 valence electrons. The summed E-state index contributed by atoms with van der Waals surface area (Å²) < 4.78 is 0. The third-order valence-corrected chi connectivity index (χ3v) is 3.30. The standard InChI is InChI=1S/C15H15N.ClH/c1-2-6-12(7-3-1)15-11-16-10-13-8-4-5-9-14(13)15;/h1-9,15-16H,10-11H2;1H/t15-;/m0./s1. The fraction of sp³-hybridized carbons (Fsp3) is 0.200. The lowest BCUT2D eigenvalue weighted by Crippen LogP contribution is -2.28. The normalized spacial score (nSPS) is 18.0. The molecule has 2 aromatic carbocycles. The largest absolute Gasteiger partial charge is 0.312 e. The lowest BCUT2D eigenvalue weighted by atomic mass is 9.86. The molecule has 1 atom stereocenters. The maximum atomic E-state index is 3.49. The van der Waals surface area contributed by atoms with Gasteiger partial charge >= 0.3 is 0 Å². The summed E-state index contributed by atoms with van der Waals surface area (Å²) in [6.45, 7) is 2.04. The number of benzene rings is 2. The maximum absolute atomic E-state index is 3.49. The van der Waals surface area contributed by atoms with Gasteiger partial charge in [-0.05, 0) is 16.7 Å². The van der Waals surface area contributed by atoms with Gasteiger partial charge in [-0.25, -0.2) is 0 Å². The molecule has 1 N–H and O–H groups in total. The van der Waals surface area contributed by atoms with Crippen LogP contribution in [0.1, 0.15) is 22.6 Å². The molecule has 17 heavy (non-hydrogen) atoms. The summed E-state index contributed by atoms with van der Waals surface area (Å²) in [7, 11) is 0. The lowest BCUT2D eigenvalue weighted by Gasteiger charge is -2.26. The summed E-state index contributed by atoms with van der Waals surface area (Å²) in [5.41, 5.74) is 4.32. The van der Waals surface area contributed by atoms with E-state index in [-0.39, 0.29) is 12.4 Å². The Kier molecular flexibility index (Phi) is 3.82. The van der Waals surface area contributed by atoms with Crippen LogP contribution < -0.4 is 5.32 Å². The highest BCUT2D eigenvalue weighted by atomic mass is 35.5. The van der Waals surface area contributed by atoms with E-state index in [1.807, 2.05) is 0 Å². The quantitative estimate of drug-likeness (QED) is 0.813. The first-order valence-electron chi connectivity index (χ1n) is 5.78. The van der Waals surface area contributed by atoms with Crippen molar-refractivity contribution in [2.45, 2.75) is 12.5 Å². The molecule has 1 aliphatic heterocycles. The van der Waals surface area contributed by atoms with Gasteiger partial charge < -0.3 is 5.32 Å². The van der Waals surface area contributed by atoms with Crippen LogP contribution in [0.15, 0.2) is 54.6 Å². The second kappa shape index (κ2) is 5.35. The number of halogens is 1. The van der Waals surface area contributed by atoms with Crippen LogP contribution in [0.3, 0.4) is 0 Å². The number of nitrogens with one attached hydrogen (secondary N) is 1. The smallest absolute Gasteiger partial charge is 0.0218 e. The average Bonchev–Trinajstić information content (AvgIpc) is 2.39. The van der Waals surface area contributed by atoms with Crippen molar-refractivity contribution in [1.82, 2.24) is 5.32 Å². The molecule has 1 nitrogen and oxygen atoms in total. The van der Waals surface area contributed by atoms with Crippen LogP contribution in [-0.2, 0) is 6.54 Å². The van der Waals surface area contributed by atoms with Crippen LogP contribution in [0.2, 0.25) is 0 Å². The summed E-state index contributed by atoms with van der Waals surface area (Å²) in [4.78, 5) is 0. The molecule has 0 aromatic heterocycles. The van der Waals surface area contributed by atoms with E-state index < -0.39 is 0 Å². The Bertz CT molecular complexity index is 481. The van der Waals surface area contributed by atoms with Gasteiger partial charge in [0, 0.05) is 19.0 Å². The Morgan fingerprint density at radius 2 is 1.59 bits per heavy atom. The van der Waals surface area contributed by atoms with Crippen molar-refractivity contribution < 1.29 is 0 Å². The van der Waals surface area contributed by atoms with Crippen LogP contribution in [0.5, 0.6) is 0 Å². The molecule has 0 amide bonds. The Hall–Kier alpha value is -1.31. The minimum Gasteiger partial charge on any atom is -0.312 e. The van der Waals surface area contributed by atoms with Gasteiger partial charge in [0.2, 0.25) is 0 Å². The van der Waals surface area contributed by atoms with E-state index in [0.717, 1.165) is 13.1 Å². The average molecular weight is 246 g/mol. The van der Waals surface area contributed by atoms with E-state index in [1.165, 1.54) is 16.7 Å². The number of hydrogen-bond donors (Lipinski definition) is 1. The Morgan fingerprint density at radius 3 is 2.41 bits per heavy atom. The van der Waals surface area contributed by atoms with Gasteiger partial charge in [-0.2, -0.15) is 0 Å². The van der Waals surface area contributed by atoms with Crippen molar-refractivity contribution >= 4 is 12.4 Å². The zero-order valence-corrected chi connectivity index (χ0v) is 10.4. The minimum atomic E-state index is 0. The van der Waals surface area contributed by atoms with Crippen molar-refractivity contribution in [1.29, 1.82) is 0 Å². The third kappa shape index (κ3) is 2.36. The minimum absolute atomic E-state index is 0. The highest BCUT2D eigenvalue weighted by Crippen LogP contribution is 2.29. The summed E-state index contributed by atoms with van der Waals surface area (Å²) in [6, 6.07) is 19.5. The van der Waals surface area contributed by atoms with Crippen molar-refractivity contribution in [2.24, 2.45) is 0 Å². The van der Waals surface area contributed by atoms with Crippen molar-refractivity contribution in [2.75, 3.05) is 6.54 Å². The molecule has 0 aliphatic carbocycles. The second-order valence-electron chi connectivity index (χ2n) is 4.29. The first-order valence-corrected chi connectivity index (χ1v) is 5.78. The number of fused-ring (bicyclic) bond motifs is 1. The number of hydrogen-bond acceptors (Lipinski definition) is 1. The summed E-state index contributed by atoms with van der Waals surface area (Å²) >= 11 is 0. The number of rotatable bonds is 1. The van der Waals surface area contributed by atoms with Crippen LogP contribution in [0.25, 0.3) is 0 Å². The molecule has 0 bridgehead atoms. The van der Waals surface area contributed by atoms with Gasteiger partial charge in [0.1, 0.15) is 0 Å². The monoisotopic (exact) mass is 245 g/mol. The fourth-order valence-corrected chi connectivity index (χ4v) is 2.48. The molecule has 0 unspecified atom stereocenters. The summed E-state index contributed by atoms with van der Waals surface area (Å²) in [5, 5.41) is 3.49. The summed E-state index contributed by atoms with van der Waals surface area (Å²) in [6.07, 6.45) is 0. The molecule has 1 heterocycles. The van der Waals surface area contributed by atoms with E-state index in [4.69, 9.17) is 0 Å². The SMILES string of the molecule is Cl.c1ccc([C@@H]2CNCc3ccccc32)cc1. The topological polar surface area (TPSA) is 12.0 Å². The molecule has 1 aliphatic rings. The lowest BCUT2D eigenvalue weighted by molar-refractivity contribution is 0.591. The maximum Gasteiger partial charge on any atom is 0.0218 e. The van der Waals surface area contributed by atoms with E-state index in [2.05, 4.69) is 59.9 Å². The highest BCUT2D eigenvalue weighted by Gasteiger charge is 2.20. The van der Waals surface area contributed by atoms with Crippen LogP contribution in [-0.4, -0.2) is 6.54 Å². The van der Waals surface area contributed by atoms with E-state index in [0.29, 0.717) is 5.92 Å². The first kappa shape index (κ1) is 12.2. The second-order valence-corrected chi connectivity index (χ2v) is 4.29. The van der Waals surface area contributed by atoms with Crippen LogP contribution in [0, 0.1) is 0 Å². The van der Waals surface area contributed by atoms with Gasteiger partial charge in [0.25, 0.3) is 0 Å². The molecular formula is C15H16ClN. The third-order valence-electron chi connectivity index (χ3n) is 3.30. The Balaban J connectivity index is 0.00000108.